The van der Waals surface area contributed by atoms with Gasteiger partial charge in [0.15, 0.2) is 0 Å². The summed E-state index contributed by atoms with van der Waals surface area (Å²) in [5.41, 5.74) is -0.787. The van der Waals surface area contributed by atoms with E-state index in [4.69, 9.17) is 9.84 Å². The van der Waals surface area contributed by atoms with Crippen LogP contribution in [0.3, 0.4) is 0 Å². The Balaban J connectivity index is 2.96. The minimum absolute atomic E-state index is 0.255. The molecule has 1 N–H and O–H groups in total. The van der Waals surface area contributed by atoms with E-state index in [0.29, 0.717) is 6.61 Å². The number of carboxylic acid groups (broad SMARTS) is 1. The predicted molar refractivity (Wildman–Crippen MR) is 44.9 cm³/mol. The fourth-order valence-electron chi connectivity index (χ4n) is 2.11. The van der Waals surface area contributed by atoms with Crippen LogP contribution in [0.4, 0.5) is 0 Å². The van der Waals surface area contributed by atoms with Gasteiger partial charge in [0.1, 0.15) is 0 Å². The standard InChI is InChI=1S/C9H16O3/c1-8(2)5-12-9(3,4)6(8)7(10)11/h6H,5H2,1-4H3,(H,10,11). The van der Waals surface area contributed by atoms with E-state index in [9.17, 15) is 4.79 Å². The quantitative estimate of drug-likeness (QED) is 0.652. The fraction of sp³-hybridized carbons (Fsp3) is 0.889. The van der Waals surface area contributed by atoms with E-state index in [2.05, 4.69) is 0 Å². The highest BCUT2D eigenvalue weighted by Gasteiger charge is 2.52. The van der Waals surface area contributed by atoms with Crippen molar-refractivity contribution in [3.63, 3.8) is 0 Å². The smallest absolute Gasteiger partial charge is 0.310 e. The number of ether oxygens (including phenoxy) is 1. The normalized spacial score (nSPS) is 31.8. The van der Waals surface area contributed by atoms with Gasteiger partial charge in [-0.25, -0.2) is 0 Å². The summed E-state index contributed by atoms with van der Waals surface area (Å²) in [4.78, 5) is 11.0. The Labute approximate surface area is 72.7 Å². The molecule has 70 valence electrons. The van der Waals surface area contributed by atoms with Gasteiger partial charge in [-0.2, -0.15) is 0 Å². The van der Waals surface area contributed by atoms with Crippen molar-refractivity contribution in [1.82, 2.24) is 0 Å². The summed E-state index contributed by atoms with van der Waals surface area (Å²) < 4.78 is 5.45. The third kappa shape index (κ3) is 1.33. The Morgan fingerprint density at radius 1 is 1.42 bits per heavy atom. The van der Waals surface area contributed by atoms with Crippen molar-refractivity contribution in [2.24, 2.45) is 11.3 Å². The molecule has 0 saturated carbocycles. The van der Waals surface area contributed by atoms with Gasteiger partial charge in [0.25, 0.3) is 0 Å². The van der Waals surface area contributed by atoms with Crippen molar-refractivity contribution >= 4 is 5.97 Å². The molecule has 1 atom stereocenters. The zero-order chi connectivity index (χ0) is 9.57. The topological polar surface area (TPSA) is 46.5 Å². The van der Waals surface area contributed by atoms with Crippen molar-refractivity contribution in [2.75, 3.05) is 6.61 Å². The summed E-state index contributed by atoms with van der Waals surface area (Å²) in [6.45, 7) is 8.05. The maximum Gasteiger partial charge on any atom is 0.310 e. The predicted octanol–water partition coefficient (Wildman–Crippen LogP) is 1.52. The highest BCUT2D eigenvalue weighted by molar-refractivity contribution is 5.73. The Morgan fingerprint density at radius 2 is 1.92 bits per heavy atom. The summed E-state index contributed by atoms with van der Waals surface area (Å²) in [5, 5.41) is 9.00. The van der Waals surface area contributed by atoms with Gasteiger partial charge in [-0.15, -0.1) is 0 Å². The van der Waals surface area contributed by atoms with E-state index in [0.717, 1.165) is 0 Å². The Bertz CT molecular complexity index is 190. The SMILES string of the molecule is CC1(C)COC(C)(C)C1C(=O)O. The molecule has 3 nitrogen and oxygen atoms in total. The molecule has 12 heavy (non-hydrogen) atoms. The number of carbonyl (C=O) groups is 1. The molecule has 1 unspecified atom stereocenters. The van der Waals surface area contributed by atoms with E-state index in [-0.39, 0.29) is 5.41 Å². The number of carboxylic acids is 1. The molecule has 0 aromatic carbocycles. The Hall–Kier alpha value is -0.570. The average Bonchev–Trinajstić information content (AvgIpc) is 2.01. The Kier molecular flexibility index (Phi) is 1.95. The molecule has 0 bridgehead atoms. The van der Waals surface area contributed by atoms with E-state index >= 15 is 0 Å². The van der Waals surface area contributed by atoms with Gasteiger partial charge < -0.3 is 9.84 Å². The van der Waals surface area contributed by atoms with Gasteiger partial charge in [-0.05, 0) is 13.8 Å². The molecule has 0 radical (unpaired) electrons. The number of aliphatic carboxylic acids is 1. The van der Waals surface area contributed by atoms with E-state index in [1.165, 1.54) is 0 Å². The second-order valence-electron chi connectivity index (χ2n) is 4.65. The Morgan fingerprint density at radius 3 is 2.08 bits per heavy atom. The van der Waals surface area contributed by atoms with E-state index in [1.807, 2.05) is 27.7 Å². The summed E-state index contributed by atoms with van der Waals surface area (Å²) in [5.74, 6) is -1.17. The van der Waals surface area contributed by atoms with Gasteiger partial charge in [0.2, 0.25) is 0 Å². The molecule has 0 spiro atoms. The lowest BCUT2D eigenvalue weighted by atomic mass is 9.74. The number of hydrogen-bond donors (Lipinski definition) is 1. The van der Waals surface area contributed by atoms with Crippen LogP contribution in [0, 0.1) is 11.3 Å². The number of rotatable bonds is 1. The first-order chi connectivity index (χ1) is 5.27. The lowest BCUT2D eigenvalue weighted by Gasteiger charge is -2.28. The van der Waals surface area contributed by atoms with Gasteiger partial charge in [-0.1, -0.05) is 13.8 Å². The van der Waals surface area contributed by atoms with Crippen molar-refractivity contribution in [3.05, 3.63) is 0 Å². The van der Waals surface area contributed by atoms with Gasteiger partial charge in [-0.3, -0.25) is 4.79 Å². The molecule has 1 aliphatic rings. The fourth-order valence-corrected chi connectivity index (χ4v) is 2.11. The molecule has 1 aliphatic heterocycles. The van der Waals surface area contributed by atoms with Crippen molar-refractivity contribution < 1.29 is 14.6 Å². The van der Waals surface area contributed by atoms with Gasteiger partial charge >= 0.3 is 5.97 Å². The third-order valence-corrected chi connectivity index (χ3v) is 2.54. The molecule has 1 saturated heterocycles. The van der Waals surface area contributed by atoms with Crippen molar-refractivity contribution in [1.29, 1.82) is 0 Å². The molecule has 3 heteroatoms. The van der Waals surface area contributed by atoms with Crippen LogP contribution < -0.4 is 0 Å². The van der Waals surface area contributed by atoms with E-state index < -0.39 is 17.5 Å². The lowest BCUT2D eigenvalue weighted by molar-refractivity contribution is -0.149. The first-order valence-corrected chi connectivity index (χ1v) is 4.14. The van der Waals surface area contributed by atoms with Crippen LogP contribution >= 0.6 is 0 Å². The van der Waals surface area contributed by atoms with Crippen LogP contribution in [0.5, 0.6) is 0 Å². The minimum Gasteiger partial charge on any atom is -0.481 e. The van der Waals surface area contributed by atoms with Crippen molar-refractivity contribution in [2.45, 2.75) is 33.3 Å². The van der Waals surface area contributed by atoms with Gasteiger partial charge in [0, 0.05) is 5.41 Å². The second-order valence-corrected chi connectivity index (χ2v) is 4.65. The summed E-state index contributed by atoms with van der Waals surface area (Å²) in [6.07, 6.45) is 0. The molecule has 0 aliphatic carbocycles. The molecular formula is C9H16O3. The van der Waals surface area contributed by atoms with E-state index in [1.54, 1.807) is 0 Å². The highest BCUT2D eigenvalue weighted by atomic mass is 16.5. The highest BCUT2D eigenvalue weighted by Crippen LogP contribution is 2.44. The van der Waals surface area contributed by atoms with Crippen LogP contribution in [-0.4, -0.2) is 23.3 Å². The van der Waals surface area contributed by atoms with Crippen LogP contribution in [0.25, 0.3) is 0 Å². The minimum atomic E-state index is -0.762. The van der Waals surface area contributed by atoms with Crippen molar-refractivity contribution in [3.8, 4) is 0 Å². The molecule has 0 aromatic rings. The molecular weight excluding hydrogens is 156 g/mol. The molecule has 0 aromatic heterocycles. The largest absolute Gasteiger partial charge is 0.481 e. The molecule has 1 rings (SSSR count). The molecule has 1 heterocycles. The third-order valence-electron chi connectivity index (χ3n) is 2.54. The summed E-state index contributed by atoms with van der Waals surface area (Å²) >= 11 is 0. The maximum absolute atomic E-state index is 11.0. The average molecular weight is 172 g/mol. The van der Waals surface area contributed by atoms with Crippen LogP contribution in [-0.2, 0) is 9.53 Å². The zero-order valence-corrected chi connectivity index (χ0v) is 8.05. The second kappa shape index (κ2) is 2.46. The maximum atomic E-state index is 11.0. The monoisotopic (exact) mass is 172 g/mol. The van der Waals surface area contributed by atoms with Crippen LogP contribution in [0.2, 0.25) is 0 Å². The lowest BCUT2D eigenvalue weighted by Crippen LogP contribution is -2.39. The van der Waals surface area contributed by atoms with Gasteiger partial charge in [0.05, 0.1) is 18.1 Å². The first-order valence-electron chi connectivity index (χ1n) is 4.14. The van der Waals surface area contributed by atoms with Crippen LogP contribution in [0.15, 0.2) is 0 Å². The zero-order valence-electron chi connectivity index (χ0n) is 8.05. The number of hydrogen-bond acceptors (Lipinski definition) is 2. The first kappa shape index (κ1) is 9.52. The molecule has 1 fully saturated rings. The van der Waals surface area contributed by atoms with Crippen LogP contribution in [0.1, 0.15) is 27.7 Å². The molecule has 0 amide bonds. The summed E-state index contributed by atoms with van der Waals surface area (Å²) in [6, 6.07) is 0. The summed E-state index contributed by atoms with van der Waals surface area (Å²) in [7, 11) is 0.